The van der Waals surface area contributed by atoms with Crippen LogP contribution in [0.15, 0.2) is 42.5 Å². The molecule has 1 saturated heterocycles. The fourth-order valence-corrected chi connectivity index (χ4v) is 3.76. The number of hydrogen-bond donors (Lipinski definition) is 0. The van der Waals surface area contributed by atoms with Crippen molar-refractivity contribution in [3.63, 3.8) is 0 Å². The summed E-state index contributed by atoms with van der Waals surface area (Å²) in [5, 5.41) is 12.0. The van der Waals surface area contributed by atoms with Gasteiger partial charge in [0.1, 0.15) is 17.2 Å². The quantitative estimate of drug-likeness (QED) is 0.484. The number of non-ortho nitro benzene ring substituents is 1. The third-order valence-electron chi connectivity index (χ3n) is 5.21. The fourth-order valence-electron chi connectivity index (χ4n) is 3.76. The van der Waals surface area contributed by atoms with Gasteiger partial charge in [0, 0.05) is 49.0 Å². The van der Waals surface area contributed by atoms with E-state index in [1.165, 1.54) is 17.0 Å². The minimum absolute atomic E-state index is 0.0682. The van der Waals surface area contributed by atoms with Gasteiger partial charge in [0.15, 0.2) is 5.52 Å². The van der Waals surface area contributed by atoms with Gasteiger partial charge >= 0.3 is 0 Å². The lowest BCUT2D eigenvalue weighted by atomic mass is 10.1. The van der Waals surface area contributed by atoms with Crippen LogP contribution in [0.2, 0.25) is 0 Å². The van der Waals surface area contributed by atoms with Crippen molar-refractivity contribution < 1.29 is 18.5 Å². The summed E-state index contributed by atoms with van der Waals surface area (Å²) in [4.78, 5) is 31.3. The van der Waals surface area contributed by atoms with Crippen LogP contribution in [0.4, 0.5) is 20.2 Å². The molecular weight excluding hydrogens is 394 g/mol. The van der Waals surface area contributed by atoms with Crippen LogP contribution in [0.3, 0.4) is 0 Å². The van der Waals surface area contributed by atoms with E-state index in [4.69, 9.17) is 0 Å². The van der Waals surface area contributed by atoms with E-state index in [0.717, 1.165) is 17.8 Å². The number of aryl methyl sites for hydroxylation is 1. The van der Waals surface area contributed by atoms with E-state index < -0.39 is 28.0 Å². The molecule has 0 N–H and O–H groups in total. The maximum absolute atomic E-state index is 14.0. The van der Waals surface area contributed by atoms with Crippen LogP contribution >= 0.6 is 0 Å². The number of rotatable bonds is 3. The van der Waals surface area contributed by atoms with E-state index in [0.29, 0.717) is 29.7 Å². The Morgan fingerprint density at radius 1 is 1.07 bits per heavy atom. The van der Waals surface area contributed by atoms with Gasteiger partial charge in [-0.1, -0.05) is 18.2 Å². The maximum Gasteiger partial charge on any atom is 0.295 e. The monoisotopic (exact) mass is 412 g/mol. The lowest BCUT2D eigenvalue weighted by molar-refractivity contribution is -0.383. The molecule has 0 bridgehead atoms. The molecule has 0 spiro atoms. The minimum Gasteiger partial charge on any atom is -0.367 e. The number of aromatic nitrogens is 1. The molecule has 2 heterocycles. The first-order chi connectivity index (χ1) is 14.4. The molecule has 0 aliphatic carbocycles. The maximum atomic E-state index is 14.0. The Morgan fingerprint density at radius 2 is 1.70 bits per heavy atom. The van der Waals surface area contributed by atoms with Crippen LogP contribution in [0.5, 0.6) is 0 Å². The lowest BCUT2D eigenvalue weighted by Crippen LogP contribution is -2.49. The van der Waals surface area contributed by atoms with Crippen LogP contribution in [0.1, 0.15) is 16.1 Å². The van der Waals surface area contributed by atoms with Gasteiger partial charge in [-0.15, -0.1) is 0 Å². The average molecular weight is 412 g/mol. The molecule has 0 saturated carbocycles. The van der Waals surface area contributed by atoms with E-state index in [-0.39, 0.29) is 18.8 Å². The molecule has 3 aromatic rings. The average Bonchev–Trinajstić information content (AvgIpc) is 2.72. The molecule has 1 fully saturated rings. The topological polar surface area (TPSA) is 79.6 Å². The number of anilines is 1. The summed E-state index contributed by atoms with van der Waals surface area (Å²) >= 11 is 0. The van der Waals surface area contributed by atoms with Gasteiger partial charge in [0.05, 0.1) is 4.92 Å². The van der Waals surface area contributed by atoms with Crippen LogP contribution in [-0.4, -0.2) is 46.9 Å². The number of pyridine rings is 1. The van der Waals surface area contributed by atoms with Crippen LogP contribution in [0.25, 0.3) is 10.9 Å². The van der Waals surface area contributed by atoms with E-state index >= 15 is 0 Å². The second kappa shape index (κ2) is 7.66. The highest BCUT2D eigenvalue weighted by molar-refractivity contribution is 5.98. The summed E-state index contributed by atoms with van der Waals surface area (Å²) in [6.07, 6.45) is 0. The molecular formula is C21H18F2N4O3. The molecule has 1 amide bonds. The summed E-state index contributed by atoms with van der Waals surface area (Å²) in [5.41, 5.74) is 1.11. The highest BCUT2D eigenvalue weighted by atomic mass is 19.1. The summed E-state index contributed by atoms with van der Waals surface area (Å²) in [7, 11) is 0. The van der Waals surface area contributed by atoms with Crippen molar-refractivity contribution in [2.75, 3.05) is 31.1 Å². The summed E-state index contributed by atoms with van der Waals surface area (Å²) < 4.78 is 27.9. The van der Waals surface area contributed by atoms with Gasteiger partial charge in [-0.2, -0.15) is 0 Å². The zero-order chi connectivity index (χ0) is 21.4. The first-order valence-corrected chi connectivity index (χ1v) is 9.40. The largest absolute Gasteiger partial charge is 0.367 e. The van der Waals surface area contributed by atoms with Crippen LogP contribution in [-0.2, 0) is 0 Å². The van der Waals surface area contributed by atoms with Gasteiger partial charge in [-0.05, 0) is 25.1 Å². The van der Waals surface area contributed by atoms with Crippen LogP contribution in [0, 0.1) is 28.7 Å². The first kappa shape index (κ1) is 19.7. The number of nitrogens with zero attached hydrogens (tertiary/aromatic N) is 4. The highest BCUT2D eigenvalue weighted by Crippen LogP contribution is 2.32. The Bertz CT molecular complexity index is 1140. The number of carbonyl (C=O) groups is 1. The zero-order valence-electron chi connectivity index (χ0n) is 16.1. The molecule has 1 aromatic heterocycles. The van der Waals surface area contributed by atoms with Gasteiger partial charge in [-0.25, -0.2) is 13.8 Å². The normalized spacial score (nSPS) is 14.2. The number of fused-ring (bicyclic) bond motifs is 1. The molecule has 7 nitrogen and oxygen atoms in total. The molecule has 0 radical (unpaired) electrons. The van der Waals surface area contributed by atoms with E-state index in [1.807, 2.05) is 11.0 Å². The van der Waals surface area contributed by atoms with Crippen molar-refractivity contribution in [1.29, 1.82) is 0 Å². The standard InChI is InChI=1S/C21H18F2N4O3/c1-13-12-18(14-4-2-7-17(27(29)30)20(14)24-13)25-8-10-26(11-9-25)21(28)19-15(22)5-3-6-16(19)23/h2-7,12H,8-11H2,1H3. The molecule has 154 valence electrons. The molecule has 30 heavy (non-hydrogen) atoms. The van der Waals surface area contributed by atoms with Crippen LogP contribution < -0.4 is 4.90 Å². The number of para-hydroxylation sites is 1. The predicted molar refractivity (Wildman–Crippen MR) is 108 cm³/mol. The van der Waals surface area contributed by atoms with E-state index in [9.17, 15) is 23.7 Å². The van der Waals surface area contributed by atoms with Gasteiger partial charge in [-0.3, -0.25) is 14.9 Å². The minimum atomic E-state index is -0.884. The Kier molecular flexibility index (Phi) is 5.03. The smallest absolute Gasteiger partial charge is 0.295 e. The number of amides is 1. The second-order valence-corrected chi connectivity index (χ2v) is 7.09. The number of hydrogen-bond acceptors (Lipinski definition) is 5. The Hall–Kier alpha value is -3.62. The predicted octanol–water partition coefficient (Wildman–Crippen LogP) is 3.69. The molecule has 4 rings (SSSR count). The summed E-state index contributed by atoms with van der Waals surface area (Å²) in [6, 6.07) is 9.99. The lowest BCUT2D eigenvalue weighted by Gasteiger charge is -2.36. The van der Waals surface area contributed by atoms with E-state index in [2.05, 4.69) is 4.98 Å². The molecule has 2 aromatic carbocycles. The zero-order valence-corrected chi connectivity index (χ0v) is 16.1. The molecule has 9 heteroatoms. The van der Waals surface area contributed by atoms with Crippen molar-refractivity contribution in [2.24, 2.45) is 0 Å². The molecule has 0 atom stereocenters. The number of halogens is 2. The summed E-state index contributed by atoms with van der Waals surface area (Å²) in [5.74, 6) is -2.45. The third kappa shape index (κ3) is 3.42. The highest BCUT2D eigenvalue weighted by Gasteiger charge is 2.28. The molecule has 0 unspecified atom stereocenters. The van der Waals surface area contributed by atoms with Crippen molar-refractivity contribution in [3.05, 3.63) is 75.5 Å². The Morgan fingerprint density at radius 3 is 2.33 bits per heavy atom. The Balaban J connectivity index is 1.61. The van der Waals surface area contributed by atoms with Gasteiger partial charge in [0.25, 0.3) is 11.6 Å². The van der Waals surface area contributed by atoms with Gasteiger partial charge in [0.2, 0.25) is 0 Å². The van der Waals surface area contributed by atoms with E-state index in [1.54, 1.807) is 19.1 Å². The summed E-state index contributed by atoms with van der Waals surface area (Å²) in [6.45, 7) is 3.14. The number of nitro benzene ring substituents is 1. The number of piperazine rings is 1. The number of carbonyl (C=O) groups excluding carboxylic acids is 1. The number of nitro groups is 1. The molecule has 1 aliphatic heterocycles. The first-order valence-electron chi connectivity index (χ1n) is 9.40. The van der Waals surface area contributed by atoms with Crippen molar-refractivity contribution >= 4 is 28.2 Å². The SMILES string of the molecule is Cc1cc(N2CCN(C(=O)c3c(F)cccc3F)CC2)c2cccc([N+](=O)[O-])c2n1. The number of benzene rings is 2. The third-order valence-corrected chi connectivity index (χ3v) is 5.21. The fraction of sp³-hybridized carbons (Fsp3) is 0.238. The molecule has 1 aliphatic rings. The van der Waals surface area contributed by atoms with Gasteiger partial charge < -0.3 is 9.80 Å². The second-order valence-electron chi connectivity index (χ2n) is 7.09. The Labute approximate surface area is 170 Å². The van der Waals surface area contributed by atoms with Crippen molar-refractivity contribution in [1.82, 2.24) is 9.88 Å². The van der Waals surface area contributed by atoms with Crippen molar-refractivity contribution in [3.8, 4) is 0 Å². The van der Waals surface area contributed by atoms with Crippen molar-refractivity contribution in [2.45, 2.75) is 6.92 Å².